The van der Waals surface area contributed by atoms with Crippen LogP contribution in [0, 0.1) is 0 Å². The van der Waals surface area contributed by atoms with E-state index in [1.54, 1.807) is 31.2 Å². The number of nitrogens with zero attached hydrogens (tertiary/aromatic N) is 1. The Hall–Kier alpha value is -2.37. The molecule has 0 atom stereocenters. The van der Waals surface area contributed by atoms with Crippen LogP contribution in [0.5, 0.6) is 0 Å². The molecular formula is C12H15N3O3. The zero-order valence-corrected chi connectivity index (χ0v) is 10.3. The number of nitrogens with one attached hydrogen (secondary N) is 2. The maximum atomic E-state index is 10.9. The summed E-state index contributed by atoms with van der Waals surface area (Å²) in [5, 5.41) is 6.36. The van der Waals surface area contributed by atoms with E-state index in [1.165, 1.54) is 13.1 Å². The molecule has 2 N–H and O–H groups in total. The van der Waals surface area contributed by atoms with Crippen LogP contribution in [0.3, 0.4) is 0 Å². The van der Waals surface area contributed by atoms with Gasteiger partial charge in [-0.25, -0.2) is 10.2 Å². The van der Waals surface area contributed by atoms with Crippen LogP contribution >= 0.6 is 0 Å². The first-order valence-corrected chi connectivity index (χ1v) is 5.45. The van der Waals surface area contributed by atoms with Crippen molar-refractivity contribution >= 4 is 23.9 Å². The van der Waals surface area contributed by atoms with E-state index in [4.69, 9.17) is 0 Å². The predicted molar refractivity (Wildman–Crippen MR) is 68.5 cm³/mol. The second-order valence-electron chi connectivity index (χ2n) is 3.39. The molecule has 0 spiro atoms. The smallest absolute Gasteiger partial charge is 0.427 e. The fourth-order valence-corrected chi connectivity index (χ4v) is 1.18. The Balaban J connectivity index is 2.50. The summed E-state index contributed by atoms with van der Waals surface area (Å²) in [6.45, 7) is 3.45. The lowest BCUT2D eigenvalue weighted by atomic mass is 10.2. The Bertz CT molecular complexity index is 440. The third kappa shape index (κ3) is 5.11. The lowest BCUT2D eigenvalue weighted by Gasteiger charge is -2.01. The summed E-state index contributed by atoms with van der Waals surface area (Å²) < 4.78 is 4.63. The van der Waals surface area contributed by atoms with Crippen LogP contribution in [-0.4, -0.2) is 24.8 Å². The fourth-order valence-electron chi connectivity index (χ4n) is 1.18. The van der Waals surface area contributed by atoms with Crippen molar-refractivity contribution in [2.24, 2.45) is 5.10 Å². The van der Waals surface area contributed by atoms with E-state index in [1.807, 2.05) is 0 Å². The lowest BCUT2D eigenvalue weighted by Crippen LogP contribution is -2.18. The highest BCUT2D eigenvalue weighted by molar-refractivity contribution is 5.89. The molecule has 0 saturated heterocycles. The molecule has 0 aromatic heterocycles. The van der Waals surface area contributed by atoms with Gasteiger partial charge in [0.05, 0.1) is 12.8 Å². The van der Waals surface area contributed by atoms with Crippen LogP contribution in [0.2, 0.25) is 0 Å². The number of hydrazone groups is 1. The molecular weight excluding hydrogens is 234 g/mol. The molecule has 0 aliphatic rings. The fraction of sp³-hybridized carbons (Fsp3) is 0.250. The summed E-state index contributed by atoms with van der Waals surface area (Å²) in [6.07, 6.45) is 0.887. The van der Waals surface area contributed by atoms with Crippen LogP contribution in [0.25, 0.3) is 0 Å². The van der Waals surface area contributed by atoms with E-state index in [0.29, 0.717) is 12.3 Å². The summed E-state index contributed by atoms with van der Waals surface area (Å²) in [6, 6.07) is 7.02. The summed E-state index contributed by atoms with van der Waals surface area (Å²) in [7, 11) is 0. The number of carbonyl (C=O) groups excluding carboxylic acids is 2. The quantitative estimate of drug-likeness (QED) is 0.630. The average Bonchev–Trinajstić information content (AvgIpc) is 2.31. The first-order valence-electron chi connectivity index (χ1n) is 5.45. The van der Waals surface area contributed by atoms with E-state index in [2.05, 4.69) is 20.6 Å². The first-order chi connectivity index (χ1) is 8.61. The molecule has 18 heavy (non-hydrogen) atoms. The van der Waals surface area contributed by atoms with Crippen LogP contribution < -0.4 is 10.7 Å². The Morgan fingerprint density at radius 2 is 2.00 bits per heavy atom. The first kappa shape index (κ1) is 13.7. The third-order valence-electron chi connectivity index (χ3n) is 1.88. The Labute approximate surface area is 105 Å². The van der Waals surface area contributed by atoms with Crippen LogP contribution in [0.15, 0.2) is 29.4 Å². The number of benzene rings is 1. The van der Waals surface area contributed by atoms with Gasteiger partial charge in [0, 0.05) is 12.6 Å². The number of carbonyl (C=O) groups is 2. The number of ether oxygens (including phenoxy) is 1. The lowest BCUT2D eigenvalue weighted by molar-refractivity contribution is -0.114. The van der Waals surface area contributed by atoms with Crippen molar-refractivity contribution in [3.05, 3.63) is 29.8 Å². The van der Waals surface area contributed by atoms with Gasteiger partial charge < -0.3 is 10.1 Å². The van der Waals surface area contributed by atoms with Crippen molar-refractivity contribution in [2.45, 2.75) is 13.8 Å². The molecule has 0 radical (unpaired) electrons. The van der Waals surface area contributed by atoms with Gasteiger partial charge in [0.1, 0.15) is 0 Å². The van der Waals surface area contributed by atoms with E-state index in [9.17, 15) is 9.59 Å². The Morgan fingerprint density at radius 1 is 1.33 bits per heavy atom. The Kier molecular flexibility index (Phi) is 5.37. The minimum absolute atomic E-state index is 0.125. The van der Waals surface area contributed by atoms with E-state index in [0.717, 1.165) is 5.56 Å². The molecule has 0 unspecified atom stereocenters. The molecule has 6 nitrogen and oxygen atoms in total. The van der Waals surface area contributed by atoms with Crippen LogP contribution in [-0.2, 0) is 9.53 Å². The van der Waals surface area contributed by atoms with Crippen molar-refractivity contribution in [1.29, 1.82) is 0 Å². The van der Waals surface area contributed by atoms with Gasteiger partial charge in [0.2, 0.25) is 5.91 Å². The standard InChI is InChI=1S/C12H15N3O3/c1-3-18-12(17)15-13-8-10-4-6-11(7-5-10)14-9(2)16/h4-8H,3H2,1-2H3,(H,14,16)(H,15,17). The molecule has 0 bridgehead atoms. The van der Waals surface area contributed by atoms with Gasteiger partial charge in [0.15, 0.2) is 0 Å². The van der Waals surface area contributed by atoms with E-state index in [-0.39, 0.29) is 5.91 Å². The largest absolute Gasteiger partial charge is 0.449 e. The van der Waals surface area contributed by atoms with Crippen molar-refractivity contribution in [2.75, 3.05) is 11.9 Å². The van der Waals surface area contributed by atoms with Crippen molar-refractivity contribution < 1.29 is 14.3 Å². The van der Waals surface area contributed by atoms with Crippen molar-refractivity contribution in [1.82, 2.24) is 5.43 Å². The molecule has 1 aromatic rings. The summed E-state index contributed by atoms with van der Waals surface area (Å²) in [4.78, 5) is 21.7. The maximum Gasteiger partial charge on any atom is 0.427 e. The van der Waals surface area contributed by atoms with Gasteiger partial charge in [-0.2, -0.15) is 5.10 Å². The van der Waals surface area contributed by atoms with Gasteiger partial charge in [0.25, 0.3) is 0 Å². The van der Waals surface area contributed by atoms with Gasteiger partial charge in [-0.1, -0.05) is 12.1 Å². The summed E-state index contributed by atoms with van der Waals surface area (Å²) >= 11 is 0. The highest BCUT2D eigenvalue weighted by Gasteiger charge is 1.96. The van der Waals surface area contributed by atoms with Gasteiger partial charge in [-0.15, -0.1) is 0 Å². The second kappa shape index (κ2) is 7.05. The molecule has 0 fully saturated rings. The van der Waals surface area contributed by atoms with Crippen LogP contribution in [0.4, 0.5) is 10.5 Å². The third-order valence-corrected chi connectivity index (χ3v) is 1.88. The molecule has 2 amide bonds. The highest BCUT2D eigenvalue weighted by atomic mass is 16.5. The SMILES string of the molecule is CCOC(=O)NN=Cc1ccc(NC(C)=O)cc1. The summed E-state index contributed by atoms with van der Waals surface area (Å²) in [5.41, 5.74) is 3.72. The van der Waals surface area contributed by atoms with Crippen molar-refractivity contribution in [3.8, 4) is 0 Å². The zero-order valence-electron chi connectivity index (χ0n) is 10.3. The molecule has 1 rings (SSSR count). The number of amides is 2. The minimum atomic E-state index is -0.594. The molecule has 0 saturated carbocycles. The topological polar surface area (TPSA) is 79.8 Å². The molecule has 0 aliphatic heterocycles. The van der Waals surface area contributed by atoms with Gasteiger partial charge in [-0.05, 0) is 24.6 Å². The number of anilines is 1. The molecule has 6 heteroatoms. The number of hydrogen-bond donors (Lipinski definition) is 2. The van der Waals surface area contributed by atoms with Crippen molar-refractivity contribution in [3.63, 3.8) is 0 Å². The maximum absolute atomic E-state index is 10.9. The highest BCUT2D eigenvalue weighted by Crippen LogP contribution is 2.07. The monoisotopic (exact) mass is 249 g/mol. The van der Waals surface area contributed by atoms with E-state index >= 15 is 0 Å². The Morgan fingerprint density at radius 3 is 2.56 bits per heavy atom. The molecule has 0 aliphatic carbocycles. The van der Waals surface area contributed by atoms with Gasteiger partial charge in [-0.3, -0.25) is 4.79 Å². The predicted octanol–water partition coefficient (Wildman–Crippen LogP) is 1.72. The minimum Gasteiger partial charge on any atom is -0.449 e. The second-order valence-corrected chi connectivity index (χ2v) is 3.39. The number of rotatable bonds is 4. The zero-order chi connectivity index (χ0) is 13.4. The summed E-state index contributed by atoms with van der Waals surface area (Å²) in [5.74, 6) is -0.125. The normalized spacial score (nSPS) is 10.1. The molecule has 1 aromatic carbocycles. The van der Waals surface area contributed by atoms with E-state index < -0.39 is 6.09 Å². The number of hydrogen-bond acceptors (Lipinski definition) is 4. The average molecular weight is 249 g/mol. The molecule has 0 heterocycles. The van der Waals surface area contributed by atoms with Crippen LogP contribution in [0.1, 0.15) is 19.4 Å². The molecule has 96 valence electrons. The van der Waals surface area contributed by atoms with Gasteiger partial charge >= 0.3 is 6.09 Å².